The minimum Gasteiger partial charge on any atom is -0.487 e. The van der Waals surface area contributed by atoms with E-state index in [2.05, 4.69) is 39.3 Å². The van der Waals surface area contributed by atoms with Crippen molar-refractivity contribution in [1.82, 2.24) is 10.0 Å². The maximum atomic E-state index is 13.4. The standard InChI is InChI=1S/C32H43N5O4S/c1-19-20(2)29(21(3)26-15-16-32(5,6)41-28(19)26)42(39,40)37-31(34)35-17-9-12-27(30(33)38)36-22(4)24-14-13-23-10-7-8-11-25(23)18-24/h7-8,10-11,13-14,18,22,27,36H,9,12,15-17H2,1-6H3,(H2,33,38)(H3,34,35,37)/t22-,27+/m1/s1. The summed E-state index contributed by atoms with van der Waals surface area (Å²) < 4.78 is 35.5. The van der Waals surface area contributed by atoms with Crippen molar-refractivity contribution in [2.75, 3.05) is 6.54 Å². The Morgan fingerprint density at radius 2 is 1.74 bits per heavy atom. The summed E-state index contributed by atoms with van der Waals surface area (Å²) in [6.45, 7) is 11.8. The number of primary amides is 1. The van der Waals surface area contributed by atoms with Crippen molar-refractivity contribution in [3.63, 3.8) is 0 Å². The molecule has 1 aliphatic rings. The van der Waals surface area contributed by atoms with Crippen LogP contribution >= 0.6 is 0 Å². The van der Waals surface area contributed by atoms with Crippen molar-refractivity contribution < 1.29 is 17.9 Å². The first-order valence-corrected chi connectivity index (χ1v) is 15.9. The summed E-state index contributed by atoms with van der Waals surface area (Å²) in [5.41, 5.74) is 15.5. The molecule has 1 heterocycles. The Labute approximate surface area is 249 Å². The van der Waals surface area contributed by atoms with E-state index in [0.717, 1.165) is 46.1 Å². The van der Waals surface area contributed by atoms with E-state index in [4.69, 9.17) is 16.2 Å². The number of nitrogens with zero attached hydrogens (tertiary/aromatic N) is 1. The number of carbonyl (C=O) groups is 1. The topological polar surface area (TPSA) is 149 Å². The molecule has 1 amide bonds. The highest BCUT2D eigenvalue weighted by Crippen LogP contribution is 2.42. The Kier molecular flexibility index (Phi) is 9.18. The zero-order valence-electron chi connectivity index (χ0n) is 25.4. The molecule has 2 atom stereocenters. The van der Waals surface area contributed by atoms with Crippen LogP contribution in [-0.2, 0) is 21.2 Å². The number of nitrogens with one attached hydrogen (secondary N) is 2. The van der Waals surface area contributed by atoms with Gasteiger partial charge in [0.15, 0.2) is 0 Å². The molecule has 3 aromatic rings. The van der Waals surface area contributed by atoms with E-state index in [9.17, 15) is 13.2 Å². The molecule has 0 aliphatic carbocycles. The van der Waals surface area contributed by atoms with Gasteiger partial charge in [-0.25, -0.2) is 13.1 Å². The lowest BCUT2D eigenvalue weighted by Crippen LogP contribution is -2.42. The van der Waals surface area contributed by atoms with Gasteiger partial charge in [0, 0.05) is 12.6 Å². The molecule has 10 heteroatoms. The number of carbonyl (C=O) groups excluding carboxylic acids is 1. The Bertz CT molecular complexity index is 1630. The van der Waals surface area contributed by atoms with Crippen LogP contribution in [0.5, 0.6) is 5.75 Å². The van der Waals surface area contributed by atoms with Crippen molar-refractivity contribution in [2.45, 2.75) is 89.8 Å². The summed E-state index contributed by atoms with van der Waals surface area (Å²) in [6, 6.07) is 13.6. The fraction of sp³-hybridized carbons (Fsp3) is 0.438. The molecule has 0 saturated heterocycles. The monoisotopic (exact) mass is 593 g/mol. The van der Waals surface area contributed by atoms with Crippen molar-refractivity contribution in [3.05, 3.63) is 70.3 Å². The van der Waals surface area contributed by atoms with E-state index in [1.54, 1.807) is 6.92 Å². The zero-order valence-corrected chi connectivity index (χ0v) is 26.2. The number of rotatable bonds is 10. The first-order chi connectivity index (χ1) is 19.7. The first kappa shape index (κ1) is 31.3. The van der Waals surface area contributed by atoms with Crippen molar-refractivity contribution >= 4 is 32.7 Å². The largest absolute Gasteiger partial charge is 0.487 e. The molecule has 9 nitrogen and oxygen atoms in total. The summed E-state index contributed by atoms with van der Waals surface area (Å²) in [5, 5.41) is 5.59. The van der Waals surface area contributed by atoms with Gasteiger partial charge in [0.2, 0.25) is 11.9 Å². The van der Waals surface area contributed by atoms with Crippen LogP contribution in [0.25, 0.3) is 10.8 Å². The van der Waals surface area contributed by atoms with Gasteiger partial charge in [0.25, 0.3) is 10.0 Å². The third-order valence-corrected chi connectivity index (χ3v) is 9.80. The third-order valence-electron chi connectivity index (χ3n) is 8.18. The maximum absolute atomic E-state index is 13.4. The summed E-state index contributed by atoms with van der Waals surface area (Å²) in [6.07, 6.45) is 2.43. The molecule has 0 unspecified atom stereocenters. The van der Waals surface area contributed by atoms with Gasteiger partial charge in [-0.3, -0.25) is 15.1 Å². The minimum absolute atomic E-state index is 0.101. The van der Waals surface area contributed by atoms with E-state index < -0.39 is 22.0 Å². The molecule has 0 aromatic heterocycles. The molecule has 0 radical (unpaired) electrons. The number of guanidine groups is 1. The second-order valence-electron chi connectivity index (χ2n) is 11.8. The molecular weight excluding hydrogens is 550 g/mol. The minimum atomic E-state index is -3.98. The Hall–Kier alpha value is -3.63. The van der Waals surface area contributed by atoms with Crippen LogP contribution in [0.4, 0.5) is 0 Å². The SMILES string of the molecule is Cc1c(C)c(S(=O)(=O)NC(N)=NCCC[C@H](N[C@H](C)c2ccc3ccccc3c2)C(N)=O)c(C)c2c1OC(C)(C)CC2. The van der Waals surface area contributed by atoms with Gasteiger partial charge in [-0.15, -0.1) is 0 Å². The number of nitrogens with two attached hydrogens (primary N) is 2. The smallest absolute Gasteiger partial charge is 0.264 e. The van der Waals surface area contributed by atoms with E-state index >= 15 is 0 Å². The van der Waals surface area contributed by atoms with E-state index in [1.807, 2.05) is 52.8 Å². The van der Waals surface area contributed by atoms with Crippen LogP contribution in [0.1, 0.15) is 73.9 Å². The lowest BCUT2D eigenvalue weighted by Gasteiger charge is -2.35. The summed E-state index contributed by atoms with van der Waals surface area (Å²) in [5.74, 6) is 0.116. The van der Waals surface area contributed by atoms with Crippen LogP contribution in [0.3, 0.4) is 0 Å². The number of amides is 1. The van der Waals surface area contributed by atoms with Gasteiger partial charge < -0.3 is 16.2 Å². The van der Waals surface area contributed by atoms with Gasteiger partial charge in [-0.2, -0.15) is 0 Å². The molecule has 4 rings (SSSR count). The first-order valence-electron chi connectivity index (χ1n) is 14.4. The van der Waals surface area contributed by atoms with Crippen LogP contribution in [-0.4, -0.2) is 38.5 Å². The predicted molar refractivity (Wildman–Crippen MR) is 168 cm³/mol. The highest BCUT2D eigenvalue weighted by Gasteiger charge is 2.33. The number of hydrogen-bond donors (Lipinski definition) is 4. The van der Waals surface area contributed by atoms with Crippen LogP contribution in [0.15, 0.2) is 52.4 Å². The summed E-state index contributed by atoms with van der Waals surface area (Å²) >= 11 is 0. The molecule has 0 saturated carbocycles. The second-order valence-corrected chi connectivity index (χ2v) is 13.5. The molecule has 1 aliphatic heterocycles. The molecular formula is C32H43N5O4S. The number of hydrogen-bond acceptors (Lipinski definition) is 6. The Morgan fingerprint density at radius 1 is 1.05 bits per heavy atom. The average molecular weight is 594 g/mol. The molecule has 226 valence electrons. The number of aliphatic imine (C=N–C) groups is 1. The zero-order chi connectivity index (χ0) is 30.8. The van der Waals surface area contributed by atoms with Crippen LogP contribution in [0, 0.1) is 20.8 Å². The number of sulfonamides is 1. The highest BCUT2D eigenvalue weighted by atomic mass is 32.2. The van der Waals surface area contributed by atoms with Crippen LogP contribution < -0.4 is 26.2 Å². The van der Waals surface area contributed by atoms with E-state index in [1.165, 1.54) is 0 Å². The fourth-order valence-electron chi connectivity index (χ4n) is 5.65. The second kappa shape index (κ2) is 12.3. The van der Waals surface area contributed by atoms with Gasteiger partial charge in [0.05, 0.1) is 10.9 Å². The molecule has 0 spiro atoms. The number of fused-ring (bicyclic) bond motifs is 2. The number of ether oxygens (including phenoxy) is 1. The molecule has 3 aromatic carbocycles. The lowest BCUT2D eigenvalue weighted by atomic mass is 9.88. The normalized spacial score (nSPS) is 16.4. The van der Waals surface area contributed by atoms with Crippen molar-refractivity contribution in [1.29, 1.82) is 0 Å². The lowest BCUT2D eigenvalue weighted by molar-refractivity contribution is -0.120. The van der Waals surface area contributed by atoms with Gasteiger partial charge in [0.1, 0.15) is 11.4 Å². The third kappa shape index (κ3) is 6.87. The summed E-state index contributed by atoms with van der Waals surface area (Å²) in [7, 11) is -3.98. The van der Waals surface area contributed by atoms with E-state index in [-0.39, 0.29) is 29.0 Å². The van der Waals surface area contributed by atoms with Gasteiger partial charge in [-0.05, 0) is 112 Å². The quantitative estimate of drug-likeness (QED) is 0.155. The Balaban J connectivity index is 1.39. The highest BCUT2D eigenvalue weighted by molar-refractivity contribution is 7.90. The van der Waals surface area contributed by atoms with Crippen LogP contribution in [0.2, 0.25) is 0 Å². The molecule has 6 N–H and O–H groups in total. The average Bonchev–Trinajstić information content (AvgIpc) is 2.92. The van der Waals surface area contributed by atoms with E-state index in [0.29, 0.717) is 24.0 Å². The molecule has 42 heavy (non-hydrogen) atoms. The van der Waals surface area contributed by atoms with Gasteiger partial charge >= 0.3 is 0 Å². The fourth-order valence-corrected chi connectivity index (χ4v) is 7.17. The van der Waals surface area contributed by atoms with Crippen molar-refractivity contribution in [2.24, 2.45) is 16.5 Å². The maximum Gasteiger partial charge on any atom is 0.264 e. The number of benzene rings is 3. The molecule has 0 fully saturated rings. The molecule has 0 bridgehead atoms. The van der Waals surface area contributed by atoms with Crippen molar-refractivity contribution in [3.8, 4) is 5.75 Å². The summed E-state index contributed by atoms with van der Waals surface area (Å²) in [4.78, 5) is 16.6. The predicted octanol–water partition coefficient (Wildman–Crippen LogP) is 4.45. The van der Waals surface area contributed by atoms with Gasteiger partial charge in [-0.1, -0.05) is 36.4 Å². The Morgan fingerprint density at radius 3 is 2.43 bits per heavy atom.